The maximum Gasteiger partial charge on any atom is 0.267 e. The average molecular weight is 584 g/mol. The van der Waals surface area contributed by atoms with Crippen molar-refractivity contribution < 1.29 is 9.53 Å². The van der Waals surface area contributed by atoms with Gasteiger partial charge < -0.3 is 14.5 Å². The Morgan fingerprint density at radius 1 is 1.13 bits per heavy atom. The molecule has 2 aliphatic heterocycles. The number of nitrogens with zero attached hydrogens (tertiary/aromatic N) is 5. The zero-order chi connectivity index (χ0) is 27.5. The third-order valence-corrected chi connectivity index (χ3v) is 8.45. The number of halogens is 1. The molecule has 0 unspecified atom stereocenters. The number of aromatic nitrogens is 2. The molecule has 2 saturated heterocycles. The summed E-state index contributed by atoms with van der Waals surface area (Å²) in [6, 6.07) is 11.6. The molecule has 8 nitrogen and oxygen atoms in total. The molecule has 3 aromatic rings. The molecule has 1 aromatic carbocycles. The maximum atomic E-state index is 13.8. The molecule has 0 bridgehead atoms. The Morgan fingerprint density at radius 3 is 2.64 bits per heavy atom. The second-order valence-electron chi connectivity index (χ2n) is 9.38. The predicted octanol–water partition coefficient (Wildman–Crippen LogP) is 4.61. The van der Waals surface area contributed by atoms with Gasteiger partial charge in [-0.05, 0) is 56.2 Å². The fourth-order valence-corrected chi connectivity index (χ4v) is 6.28. The number of thioether (sulfide) groups is 1. The van der Waals surface area contributed by atoms with E-state index in [-0.39, 0.29) is 11.5 Å². The van der Waals surface area contributed by atoms with E-state index in [9.17, 15) is 9.59 Å². The number of hydrogen-bond donors (Lipinski definition) is 0. The Balaban J connectivity index is 1.47. The van der Waals surface area contributed by atoms with Gasteiger partial charge in [0.15, 0.2) is 0 Å². The van der Waals surface area contributed by atoms with Gasteiger partial charge in [0.25, 0.3) is 11.5 Å². The van der Waals surface area contributed by atoms with Crippen LogP contribution >= 0.6 is 35.6 Å². The number of carbonyl (C=O) groups excluding carboxylic acids is 1. The molecule has 1 amide bonds. The number of hydrogen-bond acceptors (Lipinski definition) is 8. The minimum absolute atomic E-state index is 0.188. The van der Waals surface area contributed by atoms with Crippen LogP contribution in [0.3, 0.4) is 0 Å². The molecule has 0 radical (unpaired) electrons. The molecule has 39 heavy (non-hydrogen) atoms. The SMILES string of the molecule is CCOCCCN1C(=O)/C(=C\c2c(N3CCN(c4cccc(Cl)c4)CC3)nc3c(C)cccn3c2=O)SC1=S. The number of anilines is 2. The average Bonchev–Trinajstić information content (AvgIpc) is 3.20. The van der Waals surface area contributed by atoms with Crippen LogP contribution in [0.5, 0.6) is 0 Å². The van der Waals surface area contributed by atoms with Crippen molar-refractivity contribution >= 4 is 69.0 Å². The van der Waals surface area contributed by atoms with E-state index in [1.165, 1.54) is 11.8 Å². The van der Waals surface area contributed by atoms with Gasteiger partial charge in [-0.15, -0.1) is 0 Å². The summed E-state index contributed by atoms with van der Waals surface area (Å²) in [5, 5.41) is 0.701. The van der Waals surface area contributed by atoms with Crippen molar-refractivity contribution in [2.24, 2.45) is 0 Å². The summed E-state index contributed by atoms with van der Waals surface area (Å²) >= 11 is 12.9. The third-order valence-electron chi connectivity index (χ3n) is 6.84. The first-order chi connectivity index (χ1) is 18.9. The van der Waals surface area contributed by atoms with Gasteiger partial charge in [0.1, 0.15) is 15.8 Å². The number of ether oxygens (including phenoxy) is 1. The zero-order valence-corrected chi connectivity index (χ0v) is 24.3. The van der Waals surface area contributed by atoms with Crippen LogP contribution in [0, 0.1) is 6.92 Å². The number of aryl methyl sites for hydroxylation is 1. The fraction of sp³-hybridized carbons (Fsp3) is 0.357. The number of amides is 1. The van der Waals surface area contributed by atoms with Crippen LogP contribution in [0.25, 0.3) is 11.7 Å². The highest BCUT2D eigenvalue weighted by atomic mass is 35.5. The quantitative estimate of drug-likeness (QED) is 0.216. The Morgan fingerprint density at radius 2 is 1.90 bits per heavy atom. The number of pyridine rings is 1. The lowest BCUT2D eigenvalue weighted by atomic mass is 10.2. The predicted molar refractivity (Wildman–Crippen MR) is 163 cm³/mol. The molecule has 0 aliphatic carbocycles. The highest BCUT2D eigenvalue weighted by Crippen LogP contribution is 2.34. The van der Waals surface area contributed by atoms with Crippen LogP contribution < -0.4 is 15.4 Å². The minimum atomic E-state index is -0.211. The molecule has 0 atom stereocenters. The van der Waals surface area contributed by atoms with Crippen LogP contribution in [0.15, 0.2) is 52.3 Å². The van der Waals surface area contributed by atoms with Gasteiger partial charge in [-0.3, -0.25) is 18.9 Å². The summed E-state index contributed by atoms with van der Waals surface area (Å²) in [5.41, 5.74) is 2.76. The van der Waals surface area contributed by atoms with E-state index in [0.29, 0.717) is 70.5 Å². The molecule has 0 spiro atoms. The number of thiocarbonyl (C=S) groups is 1. The zero-order valence-electron chi connectivity index (χ0n) is 21.9. The van der Waals surface area contributed by atoms with Gasteiger partial charge in [0, 0.05) is 62.8 Å². The Bertz CT molecular complexity index is 1500. The number of carbonyl (C=O) groups is 1. The summed E-state index contributed by atoms with van der Waals surface area (Å²) in [7, 11) is 0. The first kappa shape index (κ1) is 27.6. The number of benzene rings is 1. The monoisotopic (exact) mass is 583 g/mol. The molecular formula is C28H30ClN5O3S2. The smallest absolute Gasteiger partial charge is 0.267 e. The van der Waals surface area contributed by atoms with E-state index in [0.717, 1.165) is 24.3 Å². The number of rotatable bonds is 8. The summed E-state index contributed by atoms with van der Waals surface area (Å²) in [6.45, 7) is 8.38. The number of piperazine rings is 1. The Labute approximate surface area is 242 Å². The molecule has 0 saturated carbocycles. The van der Waals surface area contributed by atoms with Gasteiger partial charge in [-0.2, -0.15) is 0 Å². The van der Waals surface area contributed by atoms with Gasteiger partial charge in [-0.25, -0.2) is 4.98 Å². The van der Waals surface area contributed by atoms with E-state index < -0.39 is 0 Å². The lowest BCUT2D eigenvalue weighted by molar-refractivity contribution is -0.122. The van der Waals surface area contributed by atoms with Crippen molar-refractivity contribution in [1.29, 1.82) is 0 Å². The highest BCUT2D eigenvalue weighted by molar-refractivity contribution is 8.26. The first-order valence-corrected chi connectivity index (χ1v) is 14.6. The first-order valence-electron chi connectivity index (χ1n) is 13.0. The summed E-state index contributed by atoms with van der Waals surface area (Å²) in [6.07, 6.45) is 4.08. The minimum Gasteiger partial charge on any atom is -0.382 e. The molecule has 2 aliphatic rings. The Kier molecular flexibility index (Phi) is 8.56. The van der Waals surface area contributed by atoms with E-state index >= 15 is 0 Å². The standard InChI is InChI=1S/C28H30ClN5O3S2/c1-3-37-16-6-11-34-27(36)23(39-28(34)38)18-22-25(30-24-19(2)7-5-10-33(24)26(22)35)32-14-12-31(13-15-32)21-9-4-8-20(29)17-21/h4-5,7-10,17-18H,3,6,11-16H2,1-2H3/b23-18+. The van der Waals surface area contributed by atoms with Crippen LogP contribution in [-0.4, -0.2) is 70.4 Å². The van der Waals surface area contributed by atoms with Gasteiger partial charge in [0.05, 0.1) is 10.5 Å². The summed E-state index contributed by atoms with van der Waals surface area (Å²) < 4.78 is 7.45. The van der Waals surface area contributed by atoms with E-state index in [1.54, 1.807) is 21.6 Å². The maximum absolute atomic E-state index is 13.8. The van der Waals surface area contributed by atoms with Crippen molar-refractivity contribution in [3.63, 3.8) is 0 Å². The molecule has 4 heterocycles. The molecule has 11 heteroatoms. The highest BCUT2D eigenvalue weighted by Gasteiger charge is 2.33. The van der Waals surface area contributed by atoms with E-state index in [1.807, 2.05) is 50.2 Å². The van der Waals surface area contributed by atoms with Crippen molar-refractivity contribution in [2.75, 3.05) is 55.7 Å². The van der Waals surface area contributed by atoms with Gasteiger partial charge >= 0.3 is 0 Å². The van der Waals surface area contributed by atoms with Crippen molar-refractivity contribution in [3.05, 3.63) is 74.0 Å². The van der Waals surface area contributed by atoms with Crippen LogP contribution in [0.4, 0.5) is 11.5 Å². The second-order valence-corrected chi connectivity index (χ2v) is 11.5. The largest absolute Gasteiger partial charge is 0.382 e. The van der Waals surface area contributed by atoms with E-state index in [2.05, 4.69) is 9.80 Å². The van der Waals surface area contributed by atoms with Gasteiger partial charge in [-0.1, -0.05) is 47.7 Å². The molecule has 2 fully saturated rings. The van der Waals surface area contributed by atoms with E-state index in [4.69, 9.17) is 33.5 Å². The normalized spacial score (nSPS) is 17.2. The molecular weight excluding hydrogens is 554 g/mol. The van der Waals surface area contributed by atoms with Crippen molar-refractivity contribution in [1.82, 2.24) is 14.3 Å². The molecule has 5 rings (SSSR count). The van der Waals surface area contributed by atoms with Gasteiger partial charge in [0.2, 0.25) is 0 Å². The van der Waals surface area contributed by atoms with Crippen LogP contribution in [0.2, 0.25) is 5.02 Å². The summed E-state index contributed by atoms with van der Waals surface area (Å²) in [5.74, 6) is 0.397. The van der Waals surface area contributed by atoms with Crippen molar-refractivity contribution in [3.8, 4) is 0 Å². The molecule has 0 N–H and O–H groups in total. The molecule has 204 valence electrons. The van der Waals surface area contributed by atoms with Crippen molar-refractivity contribution in [2.45, 2.75) is 20.3 Å². The lowest BCUT2D eigenvalue weighted by Gasteiger charge is -2.37. The fourth-order valence-electron chi connectivity index (χ4n) is 4.81. The second kappa shape index (κ2) is 12.1. The summed E-state index contributed by atoms with van der Waals surface area (Å²) in [4.78, 5) is 38.5. The molecule has 2 aromatic heterocycles. The van der Waals surface area contributed by atoms with Crippen LogP contribution in [-0.2, 0) is 9.53 Å². The lowest BCUT2D eigenvalue weighted by Crippen LogP contribution is -2.47. The third kappa shape index (κ3) is 5.84. The van der Waals surface area contributed by atoms with Crippen LogP contribution in [0.1, 0.15) is 24.5 Å². The topological polar surface area (TPSA) is 70.4 Å². The Hall–Kier alpha value is -2.92. The number of fused-ring (bicyclic) bond motifs is 1.